The lowest BCUT2D eigenvalue weighted by Gasteiger charge is -2.18. The summed E-state index contributed by atoms with van der Waals surface area (Å²) in [5.74, 6) is 0.468. The Labute approximate surface area is 140 Å². The summed E-state index contributed by atoms with van der Waals surface area (Å²) in [5.41, 5.74) is 2.00. The molecule has 2 aromatic rings. The summed E-state index contributed by atoms with van der Waals surface area (Å²) in [7, 11) is 1.78. The van der Waals surface area contributed by atoms with E-state index in [2.05, 4.69) is 16.4 Å². The molecule has 1 aromatic heterocycles. The zero-order chi connectivity index (χ0) is 16.8. The Bertz CT molecular complexity index is 754. The van der Waals surface area contributed by atoms with E-state index in [1.807, 2.05) is 43.5 Å². The van der Waals surface area contributed by atoms with E-state index in [4.69, 9.17) is 5.26 Å². The van der Waals surface area contributed by atoms with Gasteiger partial charge in [-0.2, -0.15) is 5.26 Å². The van der Waals surface area contributed by atoms with Gasteiger partial charge >= 0.3 is 0 Å². The number of thioether (sulfide) groups is 1. The fourth-order valence-electron chi connectivity index (χ4n) is 2.08. The van der Waals surface area contributed by atoms with Gasteiger partial charge in [-0.25, -0.2) is 4.98 Å². The lowest BCUT2D eigenvalue weighted by atomic mass is 10.2. The van der Waals surface area contributed by atoms with E-state index in [0.29, 0.717) is 11.5 Å². The first-order valence-corrected chi connectivity index (χ1v) is 8.29. The van der Waals surface area contributed by atoms with Crippen LogP contribution in [0.2, 0.25) is 0 Å². The molecule has 0 radical (unpaired) electrons. The third-order valence-corrected chi connectivity index (χ3v) is 4.14. The van der Waals surface area contributed by atoms with Gasteiger partial charge < -0.3 is 10.2 Å². The van der Waals surface area contributed by atoms with E-state index in [1.165, 1.54) is 0 Å². The Morgan fingerprint density at radius 1 is 1.35 bits per heavy atom. The predicted octanol–water partition coefficient (Wildman–Crippen LogP) is 3.06. The number of nitriles is 1. The maximum Gasteiger partial charge on any atom is 0.243 e. The number of hydrogen-bond acceptors (Lipinski definition) is 5. The molecule has 1 aromatic carbocycles. The Balaban J connectivity index is 2.07. The first kappa shape index (κ1) is 16.8. The van der Waals surface area contributed by atoms with Crippen LogP contribution in [-0.2, 0) is 4.79 Å². The number of carbonyl (C=O) groups excluding carboxylic acids is 1. The lowest BCUT2D eigenvalue weighted by molar-refractivity contribution is -0.114. The third kappa shape index (κ3) is 4.24. The minimum atomic E-state index is -0.130. The number of amides is 1. The van der Waals surface area contributed by atoms with E-state index < -0.39 is 0 Å². The fraction of sp³-hybridized carbons (Fsp3) is 0.235. The van der Waals surface area contributed by atoms with Gasteiger partial charge in [-0.1, -0.05) is 18.2 Å². The average molecular weight is 326 g/mol. The van der Waals surface area contributed by atoms with E-state index in [0.717, 1.165) is 16.1 Å². The van der Waals surface area contributed by atoms with Crippen LogP contribution in [0.4, 0.5) is 11.5 Å². The van der Waals surface area contributed by atoms with E-state index in [1.54, 1.807) is 29.8 Å². The molecule has 1 heterocycles. The minimum Gasteiger partial charge on any atom is -0.350 e. The van der Waals surface area contributed by atoms with Crippen molar-refractivity contribution in [3.63, 3.8) is 0 Å². The second-order valence-corrected chi connectivity index (χ2v) is 5.90. The Hall–Kier alpha value is -2.52. The Morgan fingerprint density at radius 2 is 2.09 bits per heavy atom. The summed E-state index contributed by atoms with van der Waals surface area (Å²) in [6.45, 7) is 1.99. The third-order valence-electron chi connectivity index (χ3n) is 3.34. The highest BCUT2D eigenvalue weighted by Gasteiger charge is 2.12. The molecule has 0 saturated heterocycles. The zero-order valence-electron chi connectivity index (χ0n) is 13.3. The summed E-state index contributed by atoms with van der Waals surface area (Å²) in [5, 5.41) is 12.0. The molecule has 0 bridgehead atoms. The van der Waals surface area contributed by atoms with E-state index in [-0.39, 0.29) is 12.5 Å². The maximum absolute atomic E-state index is 12.2. The number of nitrogens with zero attached hydrogens (tertiary/aromatic N) is 3. The summed E-state index contributed by atoms with van der Waals surface area (Å²) >= 11 is 1.58. The topological polar surface area (TPSA) is 69.0 Å². The second kappa shape index (κ2) is 7.65. The number of pyridine rings is 1. The maximum atomic E-state index is 12.2. The molecule has 0 saturated carbocycles. The van der Waals surface area contributed by atoms with Gasteiger partial charge in [-0.3, -0.25) is 4.79 Å². The summed E-state index contributed by atoms with van der Waals surface area (Å²) in [6.07, 6.45) is 1.97. The zero-order valence-corrected chi connectivity index (χ0v) is 14.1. The molecule has 2 rings (SSSR count). The molecular formula is C17H18N4OS. The van der Waals surface area contributed by atoms with E-state index in [9.17, 15) is 4.79 Å². The van der Waals surface area contributed by atoms with Crippen LogP contribution >= 0.6 is 11.8 Å². The van der Waals surface area contributed by atoms with Crippen LogP contribution in [-0.4, -0.2) is 30.7 Å². The van der Waals surface area contributed by atoms with Crippen molar-refractivity contribution in [2.75, 3.05) is 30.1 Å². The van der Waals surface area contributed by atoms with Gasteiger partial charge in [-0.05, 0) is 36.9 Å². The van der Waals surface area contributed by atoms with Crippen LogP contribution in [0.1, 0.15) is 11.3 Å². The molecule has 118 valence electrons. The monoisotopic (exact) mass is 326 g/mol. The van der Waals surface area contributed by atoms with Crippen molar-refractivity contribution in [2.24, 2.45) is 0 Å². The van der Waals surface area contributed by atoms with Gasteiger partial charge in [0.1, 0.15) is 17.6 Å². The number of nitrogens with one attached hydrogen (secondary N) is 1. The minimum absolute atomic E-state index is 0.130. The van der Waals surface area contributed by atoms with Crippen molar-refractivity contribution >= 4 is 29.2 Å². The first-order valence-electron chi connectivity index (χ1n) is 7.07. The van der Waals surface area contributed by atoms with Gasteiger partial charge in [0.25, 0.3) is 0 Å². The van der Waals surface area contributed by atoms with Crippen molar-refractivity contribution in [1.29, 1.82) is 5.26 Å². The molecule has 6 heteroatoms. The van der Waals surface area contributed by atoms with E-state index >= 15 is 0 Å². The number of anilines is 2. The Morgan fingerprint density at radius 3 is 2.78 bits per heavy atom. The standard InChI is InChI=1S/C17H18N4OS/c1-12-8-9-16(19-14(12)10-18)21(2)11-17(22)20-13-6-4-5-7-15(13)23-3/h4-9H,11H2,1-3H3,(H,20,22). The number of aryl methyl sites for hydroxylation is 1. The van der Waals surface area contributed by atoms with Crippen molar-refractivity contribution in [2.45, 2.75) is 11.8 Å². The molecule has 23 heavy (non-hydrogen) atoms. The number of hydrogen-bond donors (Lipinski definition) is 1. The molecular weight excluding hydrogens is 308 g/mol. The Kier molecular flexibility index (Phi) is 5.61. The van der Waals surface area contributed by atoms with Gasteiger partial charge in [-0.15, -0.1) is 11.8 Å². The molecule has 0 aliphatic rings. The number of rotatable bonds is 5. The second-order valence-electron chi connectivity index (χ2n) is 5.05. The normalized spacial score (nSPS) is 10.0. The smallest absolute Gasteiger partial charge is 0.243 e. The van der Waals surface area contributed by atoms with Gasteiger partial charge in [0.2, 0.25) is 5.91 Å². The highest BCUT2D eigenvalue weighted by Crippen LogP contribution is 2.24. The number of aromatic nitrogens is 1. The van der Waals surface area contributed by atoms with Crippen molar-refractivity contribution < 1.29 is 4.79 Å². The molecule has 1 amide bonds. The van der Waals surface area contributed by atoms with Gasteiger partial charge in [0.15, 0.2) is 0 Å². The first-order chi connectivity index (χ1) is 11.0. The number of carbonyl (C=O) groups is 1. The SMILES string of the molecule is CSc1ccccc1NC(=O)CN(C)c1ccc(C)c(C#N)n1. The summed E-state index contributed by atoms with van der Waals surface area (Å²) in [6, 6.07) is 13.4. The molecule has 0 aliphatic heterocycles. The number of benzene rings is 1. The highest BCUT2D eigenvalue weighted by atomic mass is 32.2. The van der Waals surface area contributed by atoms with Crippen molar-refractivity contribution in [3.8, 4) is 6.07 Å². The molecule has 5 nitrogen and oxygen atoms in total. The number of para-hydroxylation sites is 1. The largest absolute Gasteiger partial charge is 0.350 e. The molecule has 0 atom stereocenters. The highest BCUT2D eigenvalue weighted by molar-refractivity contribution is 7.98. The van der Waals surface area contributed by atoms with Gasteiger partial charge in [0, 0.05) is 11.9 Å². The molecule has 0 aliphatic carbocycles. The molecule has 0 spiro atoms. The van der Waals surface area contributed by atoms with Crippen LogP contribution in [0.5, 0.6) is 0 Å². The van der Waals surface area contributed by atoms with Gasteiger partial charge in [0.05, 0.1) is 12.2 Å². The molecule has 1 N–H and O–H groups in total. The lowest BCUT2D eigenvalue weighted by Crippen LogP contribution is -2.30. The number of likely N-dealkylation sites (N-methyl/N-ethyl adjacent to an activating group) is 1. The van der Waals surface area contributed by atoms with Crippen LogP contribution in [0.3, 0.4) is 0 Å². The predicted molar refractivity (Wildman–Crippen MR) is 93.8 cm³/mol. The van der Waals surface area contributed by atoms with Crippen LogP contribution < -0.4 is 10.2 Å². The average Bonchev–Trinajstić information content (AvgIpc) is 2.55. The van der Waals surface area contributed by atoms with Crippen LogP contribution in [0.15, 0.2) is 41.3 Å². The summed E-state index contributed by atoms with van der Waals surface area (Å²) in [4.78, 5) is 19.2. The van der Waals surface area contributed by atoms with Crippen LogP contribution in [0, 0.1) is 18.3 Å². The summed E-state index contributed by atoms with van der Waals surface area (Å²) < 4.78 is 0. The fourth-order valence-corrected chi connectivity index (χ4v) is 2.63. The van der Waals surface area contributed by atoms with Crippen molar-refractivity contribution in [3.05, 3.63) is 47.7 Å². The molecule has 0 unspecified atom stereocenters. The van der Waals surface area contributed by atoms with Crippen molar-refractivity contribution in [1.82, 2.24) is 4.98 Å². The quantitative estimate of drug-likeness (QED) is 0.855. The molecule has 0 fully saturated rings. The van der Waals surface area contributed by atoms with Crippen LogP contribution in [0.25, 0.3) is 0 Å².